The Hall–Kier alpha value is -0.830. The van der Waals surface area contributed by atoms with Crippen LogP contribution in [0, 0.1) is 5.92 Å². The lowest BCUT2D eigenvalue weighted by atomic mass is 10.1. The molecule has 0 atom stereocenters. The number of amides is 1. The van der Waals surface area contributed by atoms with Gasteiger partial charge in [0.2, 0.25) is 5.91 Å². The van der Waals surface area contributed by atoms with Gasteiger partial charge in [-0.3, -0.25) is 10.2 Å². The van der Waals surface area contributed by atoms with Crippen LogP contribution in [-0.4, -0.2) is 12.5 Å². The van der Waals surface area contributed by atoms with Gasteiger partial charge in [-0.1, -0.05) is 26.0 Å². The van der Waals surface area contributed by atoms with E-state index in [9.17, 15) is 4.79 Å². The van der Waals surface area contributed by atoms with Crippen molar-refractivity contribution in [1.29, 1.82) is 0 Å². The first-order valence-corrected chi connectivity index (χ1v) is 4.68. The summed E-state index contributed by atoms with van der Waals surface area (Å²) in [6, 6.07) is 0. The molecule has 0 unspecified atom stereocenters. The largest absolute Gasteiger partial charge is 0.291 e. The topological polar surface area (TPSA) is 41.1 Å². The molecule has 0 saturated carbocycles. The Bertz CT molecular complexity index is 176. The van der Waals surface area contributed by atoms with Crippen LogP contribution in [0.4, 0.5) is 0 Å². The van der Waals surface area contributed by atoms with E-state index in [1.165, 1.54) is 0 Å². The maximum absolute atomic E-state index is 11.1. The number of rotatable bonds is 6. The maximum Gasteiger partial charge on any atom is 0.234 e. The highest BCUT2D eigenvalue weighted by Crippen LogP contribution is 2.02. The first-order valence-electron chi connectivity index (χ1n) is 4.68. The minimum Gasteiger partial charge on any atom is -0.291 e. The van der Waals surface area contributed by atoms with E-state index in [0.29, 0.717) is 18.9 Å². The SMILES string of the molecule is C=C(C)CNNC(=O)CCC(C)C. The van der Waals surface area contributed by atoms with E-state index >= 15 is 0 Å². The lowest BCUT2D eigenvalue weighted by molar-refractivity contribution is -0.122. The third-order valence-electron chi connectivity index (χ3n) is 1.57. The Balaban J connectivity index is 3.35. The molecule has 0 aromatic heterocycles. The van der Waals surface area contributed by atoms with E-state index in [4.69, 9.17) is 0 Å². The number of nitrogens with one attached hydrogen (secondary N) is 2. The van der Waals surface area contributed by atoms with Crippen LogP contribution in [0.25, 0.3) is 0 Å². The molecule has 76 valence electrons. The van der Waals surface area contributed by atoms with E-state index in [0.717, 1.165) is 12.0 Å². The highest BCUT2D eigenvalue weighted by molar-refractivity contribution is 5.75. The monoisotopic (exact) mass is 184 g/mol. The fourth-order valence-corrected chi connectivity index (χ4v) is 0.776. The minimum absolute atomic E-state index is 0.0509. The van der Waals surface area contributed by atoms with Crippen LogP contribution in [-0.2, 0) is 4.79 Å². The molecule has 3 nitrogen and oxygen atoms in total. The second-order valence-electron chi connectivity index (χ2n) is 3.79. The molecular weight excluding hydrogens is 164 g/mol. The summed E-state index contributed by atoms with van der Waals surface area (Å²) in [6.45, 7) is 10.5. The molecule has 0 aromatic carbocycles. The lowest BCUT2D eigenvalue weighted by Gasteiger charge is -2.07. The quantitative estimate of drug-likeness (QED) is 0.486. The van der Waals surface area contributed by atoms with Crippen molar-refractivity contribution in [3.05, 3.63) is 12.2 Å². The van der Waals surface area contributed by atoms with Gasteiger partial charge in [0.1, 0.15) is 0 Å². The molecule has 0 spiro atoms. The zero-order chi connectivity index (χ0) is 10.3. The summed E-state index contributed by atoms with van der Waals surface area (Å²) in [4.78, 5) is 11.1. The summed E-state index contributed by atoms with van der Waals surface area (Å²) >= 11 is 0. The zero-order valence-corrected chi connectivity index (χ0v) is 8.81. The Labute approximate surface area is 80.6 Å². The minimum atomic E-state index is 0.0509. The summed E-state index contributed by atoms with van der Waals surface area (Å²) in [5.74, 6) is 0.627. The van der Waals surface area contributed by atoms with Crippen LogP contribution in [0.15, 0.2) is 12.2 Å². The molecule has 13 heavy (non-hydrogen) atoms. The van der Waals surface area contributed by atoms with E-state index < -0.39 is 0 Å². The van der Waals surface area contributed by atoms with E-state index in [2.05, 4.69) is 31.3 Å². The summed E-state index contributed by atoms with van der Waals surface area (Å²) in [5, 5.41) is 0. The van der Waals surface area contributed by atoms with Crippen LogP contribution < -0.4 is 10.9 Å². The van der Waals surface area contributed by atoms with Crippen molar-refractivity contribution in [2.75, 3.05) is 6.54 Å². The molecular formula is C10H20N2O. The van der Waals surface area contributed by atoms with Gasteiger partial charge in [-0.2, -0.15) is 0 Å². The number of carbonyl (C=O) groups is 1. The van der Waals surface area contributed by atoms with Crippen LogP contribution in [0.2, 0.25) is 0 Å². The number of hydrazine groups is 1. The Morgan fingerprint density at radius 3 is 2.54 bits per heavy atom. The van der Waals surface area contributed by atoms with Crippen LogP contribution in [0.1, 0.15) is 33.6 Å². The highest BCUT2D eigenvalue weighted by atomic mass is 16.2. The molecule has 3 heteroatoms. The second kappa shape index (κ2) is 6.66. The Kier molecular flexibility index (Phi) is 6.24. The van der Waals surface area contributed by atoms with Gasteiger partial charge in [-0.05, 0) is 19.3 Å². The molecule has 0 rings (SSSR count). The lowest BCUT2D eigenvalue weighted by Crippen LogP contribution is -2.38. The molecule has 0 bridgehead atoms. The standard InChI is InChI=1S/C10H20N2O/c1-8(2)5-6-10(13)12-11-7-9(3)4/h8,11H,3,5-7H2,1-2,4H3,(H,12,13). The molecule has 0 aromatic rings. The first-order chi connectivity index (χ1) is 6.02. The smallest absolute Gasteiger partial charge is 0.234 e. The van der Waals surface area contributed by atoms with E-state index in [-0.39, 0.29) is 5.91 Å². The number of carbonyl (C=O) groups excluding carboxylic acids is 1. The molecule has 0 aliphatic rings. The van der Waals surface area contributed by atoms with Crippen molar-refractivity contribution in [3.63, 3.8) is 0 Å². The summed E-state index contributed by atoms with van der Waals surface area (Å²) in [6.07, 6.45) is 1.52. The number of hydrogen-bond acceptors (Lipinski definition) is 2. The predicted octanol–water partition coefficient (Wildman–Crippen LogP) is 1.62. The number of hydrogen-bond donors (Lipinski definition) is 2. The summed E-state index contributed by atoms with van der Waals surface area (Å²) in [7, 11) is 0. The van der Waals surface area contributed by atoms with Gasteiger partial charge in [0, 0.05) is 13.0 Å². The van der Waals surface area contributed by atoms with Crippen molar-refractivity contribution in [2.24, 2.45) is 5.92 Å². The molecule has 0 saturated heterocycles. The highest BCUT2D eigenvalue weighted by Gasteiger charge is 2.01. The van der Waals surface area contributed by atoms with Gasteiger partial charge in [-0.25, -0.2) is 5.43 Å². The van der Waals surface area contributed by atoms with Gasteiger partial charge in [0.05, 0.1) is 0 Å². The van der Waals surface area contributed by atoms with Crippen molar-refractivity contribution in [3.8, 4) is 0 Å². The maximum atomic E-state index is 11.1. The van der Waals surface area contributed by atoms with Crippen molar-refractivity contribution >= 4 is 5.91 Å². The Morgan fingerprint density at radius 2 is 2.08 bits per heavy atom. The second-order valence-corrected chi connectivity index (χ2v) is 3.79. The molecule has 1 amide bonds. The zero-order valence-electron chi connectivity index (χ0n) is 8.81. The molecule has 0 fully saturated rings. The van der Waals surface area contributed by atoms with Gasteiger partial charge in [0.15, 0.2) is 0 Å². The first kappa shape index (κ1) is 12.2. The fraction of sp³-hybridized carbons (Fsp3) is 0.700. The van der Waals surface area contributed by atoms with Gasteiger partial charge in [-0.15, -0.1) is 0 Å². The molecule has 0 heterocycles. The van der Waals surface area contributed by atoms with Crippen molar-refractivity contribution < 1.29 is 4.79 Å². The molecule has 0 radical (unpaired) electrons. The van der Waals surface area contributed by atoms with Gasteiger partial charge < -0.3 is 0 Å². The summed E-state index contributed by atoms with van der Waals surface area (Å²) in [5.41, 5.74) is 6.43. The molecule has 0 aliphatic carbocycles. The van der Waals surface area contributed by atoms with Gasteiger partial charge in [0.25, 0.3) is 0 Å². The van der Waals surface area contributed by atoms with Crippen LogP contribution >= 0.6 is 0 Å². The third-order valence-corrected chi connectivity index (χ3v) is 1.57. The van der Waals surface area contributed by atoms with Crippen LogP contribution in [0.5, 0.6) is 0 Å². The van der Waals surface area contributed by atoms with Crippen LogP contribution in [0.3, 0.4) is 0 Å². The molecule has 2 N–H and O–H groups in total. The normalized spacial score (nSPS) is 10.2. The summed E-state index contributed by atoms with van der Waals surface area (Å²) < 4.78 is 0. The Morgan fingerprint density at radius 1 is 1.46 bits per heavy atom. The van der Waals surface area contributed by atoms with E-state index in [1.54, 1.807) is 0 Å². The van der Waals surface area contributed by atoms with Gasteiger partial charge >= 0.3 is 0 Å². The predicted molar refractivity (Wildman–Crippen MR) is 55.0 cm³/mol. The third kappa shape index (κ3) is 9.08. The van der Waals surface area contributed by atoms with Crippen molar-refractivity contribution in [2.45, 2.75) is 33.6 Å². The average Bonchev–Trinajstić information content (AvgIpc) is 2.00. The van der Waals surface area contributed by atoms with E-state index in [1.807, 2.05) is 6.92 Å². The average molecular weight is 184 g/mol. The molecule has 0 aliphatic heterocycles. The fourth-order valence-electron chi connectivity index (χ4n) is 0.776. The van der Waals surface area contributed by atoms with Crippen molar-refractivity contribution in [1.82, 2.24) is 10.9 Å².